The predicted octanol–water partition coefficient (Wildman–Crippen LogP) is 4.50. The molecule has 0 radical (unpaired) electrons. The van der Waals surface area contributed by atoms with Crippen LogP contribution in [0.25, 0.3) is 0 Å². The molecule has 11 heteroatoms. The second-order valence-electron chi connectivity index (χ2n) is 9.64. The van der Waals surface area contributed by atoms with Gasteiger partial charge in [0.05, 0.1) is 16.7 Å². The molecule has 3 aromatic carbocycles. The van der Waals surface area contributed by atoms with E-state index in [1.165, 1.54) is 19.2 Å². The van der Waals surface area contributed by atoms with Crippen molar-refractivity contribution in [1.29, 1.82) is 0 Å². The third-order valence-corrected chi connectivity index (χ3v) is 6.99. The molecule has 214 valence electrons. The van der Waals surface area contributed by atoms with E-state index in [4.69, 9.17) is 31.2 Å². The molecular formula is C31H26N2O8S. The van der Waals surface area contributed by atoms with E-state index in [0.717, 1.165) is 4.57 Å². The summed E-state index contributed by atoms with van der Waals surface area (Å²) >= 11 is 5.08. The van der Waals surface area contributed by atoms with Gasteiger partial charge in [-0.1, -0.05) is 66.8 Å². The smallest absolute Gasteiger partial charge is 0.338 e. The summed E-state index contributed by atoms with van der Waals surface area (Å²) in [5.74, 6) is -2.11. The molecule has 4 unspecified atom stereocenters. The lowest BCUT2D eigenvalue weighted by Crippen LogP contribution is -2.51. The van der Waals surface area contributed by atoms with Crippen molar-refractivity contribution in [1.82, 2.24) is 9.55 Å². The molecule has 0 spiro atoms. The van der Waals surface area contributed by atoms with E-state index >= 15 is 0 Å². The lowest BCUT2D eigenvalue weighted by atomic mass is 9.95. The normalized spacial score (nSPS) is 21.3. The molecule has 1 fully saturated rings. The SMILES string of the molecule is CC1(OC(=O)c2ccccc2)C(OC(=O)c2ccccc2)C(COC(=O)c2ccccc2)OC1n1ccc(=S)[nH]c1=O. The number of carbonyl (C=O) groups excluding carboxylic acids is 3. The Balaban J connectivity index is 1.54. The van der Waals surface area contributed by atoms with Crippen LogP contribution in [0.4, 0.5) is 0 Å². The zero-order valence-electron chi connectivity index (χ0n) is 22.4. The number of rotatable bonds is 8. The molecule has 2 heterocycles. The van der Waals surface area contributed by atoms with Gasteiger partial charge in [-0.15, -0.1) is 0 Å². The first-order valence-corrected chi connectivity index (χ1v) is 13.4. The molecule has 0 amide bonds. The highest BCUT2D eigenvalue weighted by Crippen LogP contribution is 2.43. The number of esters is 3. The summed E-state index contributed by atoms with van der Waals surface area (Å²) in [7, 11) is 0. The van der Waals surface area contributed by atoms with Crippen LogP contribution in [0.15, 0.2) is 108 Å². The number of hydrogen-bond donors (Lipinski definition) is 1. The minimum atomic E-state index is -1.78. The number of nitrogens with zero attached hydrogens (tertiary/aromatic N) is 1. The number of H-pyrrole nitrogens is 1. The van der Waals surface area contributed by atoms with Crippen LogP contribution < -0.4 is 5.69 Å². The average Bonchev–Trinajstić information content (AvgIpc) is 3.27. The van der Waals surface area contributed by atoms with E-state index < -0.39 is 47.6 Å². The first kappa shape index (κ1) is 28.7. The molecule has 42 heavy (non-hydrogen) atoms. The number of aromatic amines is 1. The Bertz CT molecular complexity index is 1690. The number of aromatic nitrogens is 2. The molecule has 5 rings (SSSR count). The van der Waals surface area contributed by atoms with Gasteiger partial charge in [0, 0.05) is 6.20 Å². The van der Waals surface area contributed by atoms with Gasteiger partial charge in [0.1, 0.15) is 17.4 Å². The fourth-order valence-electron chi connectivity index (χ4n) is 4.67. The summed E-state index contributed by atoms with van der Waals surface area (Å²) in [4.78, 5) is 55.0. The van der Waals surface area contributed by atoms with E-state index in [9.17, 15) is 19.2 Å². The zero-order valence-corrected chi connectivity index (χ0v) is 23.2. The van der Waals surface area contributed by atoms with Crippen molar-refractivity contribution in [2.45, 2.75) is 31.0 Å². The van der Waals surface area contributed by atoms with Crippen LogP contribution in [0.1, 0.15) is 44.2 Å². The minimum absolute atomic E-state index is 0.178. The second-order valence-corrected chi connectivity index (χ2v) is 10.1. The number of ether oxygens (including phenoxy) is 4. The molecular weight excluding hydrogens is 560 g/mol. The summed E-state index contributed by atoms with van der Waals surface area (Å²) in [5, 5.41) is 0. The summed E-state index contributed by atoms with van der Waals surface area (Å²) in [6.07, 6.45) is -2.38. The standard InChI is InChI=1S/C31H26N2O8S/c1-31(41-28(36)22-15-9-4-10-16-22)25(40-27(35)21-13-7-3-8-14-21)23(19-38-26(34)20-11-5-2-6-12-20)39-29(31)33-18-17-24(42)32-30(33)37/h2-18,23,25,29H,19H2,1H3,(H,32,37,42). The number of nitrogens with one attached hydrogen (secondary N) is 1. The van der Waals surface area contributed by atoms with Crippen LogP contribution in [-0.2, 0) is 18.9 Å². The van der Waals surface area contributed by atoms with Crippen molar-refractivity contribution in [2.24, 2.45) is 0 Å². The summed E-state index contributed by atoms with van der Waals surface area (Å²) in [6, 6.07) is 26.2. The highest BCUT2D eigenvalue weighted by molar-refractivity contribution is 7.71. The Labute approximate surface area is 245 Å². The number of hydrogen-bond acceptors (Lipinski definition) is 9. The minimum Gasteiger partial charge on any atom is -0.459 e. The van der Waals surface area contributed by atoms with Crippen LogP contribution in [-0.4, -0.2) is 51.9 Å². The molecule has 10 nitrogen and oxygen atoms in total. The van der Waals surface area contributed by atoms with Gasteiger partial charge in [-0.3, -0.25) is 9.55 Å². The molecule has 4 atom stereocenters. The monoisotopic (exact) mass is 586 g/mol. The van der Waals surface area contributed by atoms with Crippen LogP contribution in [0, 0.1) is 4.64 Å². The Kier molecular flexibility index (Phi) is 8.41. The second kappa shape index (κ2) is 12.3. The summed E-state index contributed by atoms with van der Waals surface area (Å²) < 4.78 is 25.1. The van der Waals surface area contributed by atoms with Gasteiger partial charge in [-0.05, 0) is 49.4 Å². The molecule has 1 aliphatic rings. The average molecular weight is 587 g/mol. The van der Waals surface area contributed by atoms with Crippen molar-refractivity contribution in [2.75, 3.05) is 6.61 Å². The Hall–Kier alpha value is -4.87. The predicted molar refractivity (Wildman–Crippen MR) is 152 cm³/mol. The Morgan fingerprint density at radius 2 is 1.36 bits per heavy atom. The van der Waals surface area contributed by atoms with Crippen molar-refractivity contribution >= 4 is 30.1 Å². The van der Waals surface area contributed by atoms with Crippen LogP contribution in [0.5, 0.6) is 0 Å². The quantitative estimate of drug-likeness (QED) is 0.180. The van der Waals surface area contributed by atoms with Crippen LogP contribution in [0.3, 0.4) is 0 Å². The van der Waals surface area contributed by atoms with Gasteiger partial charge in [0.25, 0.3) is 0 Å². The van der Waals surface area contributed by atoms with E-state index in [-0.39, 0.29) is 22.4 Å². The zero-order chi connectivity index (χ0) is 29.7. The van der Waals surface area contributed by atoms with Crippen molar-refractivity contribution in [3.63, 3.8) is 0 Å². The molecule has 1 aromatic heterocycles. The fraction of sp³-hybridized carbons (Fsp3) is 0.194. The van der Waals surface area contributed by atoms with E-state index in [0.29, 0.717) is 5.56 Å². The molecule has 1 saturated heterocycles. The number of carbonyl (C=O) groups is 3. The Morgan fingerprint density at radius 3 is 1.90 bits per heavy atom. The summed E-state index contributed by atoms with van der Waals surface area (Å²) in [6.45, 7) is 1.11. The molecule has 0 saturated carbocycles. The highest BCUT2D eigenvalue weighted by atomic mass is 32.1. The molecule has 1 N–H and O–H groups in total. The van der Waals surface area contributed by atoms with Crippen LogP contribution in [0.2, 0.25) is 0 Å². The molecule has 0 bridgehead atoms. The topological polar surface area (TPSA) is 126 Å². The first-order valence-electron chi connectivity index (χ1n) is 13.0. The lowest BCUT2D eigenvalue weighted by Gasteiger charge is -2.34. The third kappa shape index (κ3) is 6.07. The van der Waals surface area contributed by atoms with Gasteiger partial charge in [0.2, 0.25) is 0 Å². The Morgan fingerprint density at radius 1 is 0.833 bits per heavy atom. The maximum atomic E-state index is 13.4. The lowest BCUT2D eigenvalue weighted by molar-refractivity contribution is -0.111. The maximum Gasteiger partial charge on any atom is 0.338 e. The van der Waals surface area contributed by atoms with Gasteiger partial charge in [0.15, 0.2) is 17.9 Å². The van der Waals surface area contributed by atoms with Gasteiger partial charge in [-0.2, -0.15) is 0 Å². The van der Waals surface area contributed by atoms with Crippen molar-refractivity contribution < 1.29 is 33.3 Å². The summed E-state index contributed by atoms with van der Waals surface area (Å²) in [5.41, 5.74) is -1.66. The van der Waals surface area contributed by atoms with Crippen molar-refractivity contribution in [3.8, 4) is 0 Å². The van der Waals surface area contributed by atoms with Crippen LogP contribution >= 0.6 is 12.2 Å². The highest BCUT2D eigenvalue weighted by Gasteiger charge is 2.60. The van der Waals surface area contributed by atoms with Gasteiger partial charge < -0.3 is 18.9 Å². The maximum absolute atomic E-state index is 13.4. The fourth-order valence-corrected chi connectivity index (χ4v) is 4.82. The molecule has 4 aromatic rings. The largest absolute Gasteiger partial charge is 0.459 e. The van der Waals surface area contributed by atoms with E-state index in [1.54, 1.807) is 91.0 Å². The van der Waals surface area contributed by atoms with Crippen molar-refractivity contribution in [3.05, 3.63) is 135 Å². The van der Waals surface area contributed by atoms with Gasteiger partial charge >= 0.3 is 23.6 Å². The van der Waals surface area contributed by atoms with E-state index in [1.807, 2.05) is 0 Å². The molecule has 1 aliphatic heterocycles. The van der Waals surface area contributed by atoms with Gasteiger partial charge in [-0.25, -0.2) is 19.2 Å². The molecule has 0 aliphatic carbocycles. The van der Waals surface area contributed by atoms with E-state index in [2.05, 4.69) is 4.98 Å². The third-order valence-electron chi connectivity index (χ3n) is 6.75. The number of benzene rings is 3. The first-order chi connectivity index (χ1) is 20.3.